The summed E-state index contributed by atoms with van der Waals surface area (Å²) in [5.41, 5.74) is 0.857. The molecule has 1 N–H and O–H groups in total. The summed E-state index contributed by atoms with van der Waals surface area (Å²) in [6.45, 7) is 0. The number of halogens is 1. The van der Waals surface area contributed by atoms with E-state index in [1.165, 1.54) is 12.4 Å². The highest BCUT2D eigenvalue weighted by Gasteiger charge is 2.13. The standard InChI is InChI=1S/C13H8ClN5O2/c14-10-7-15-9(6-16-10)11(20)17-13-19-18-12(21-13)8-4-2-1-3-5-8/h1-7H,(H,17,19,20). The summed E-state index contributed by atoms with van der Waals surface area (Å²) >= 11 is 5.60. The van der Waals surface area contributed by atoms with Gasteiger partial charge in [-0.15, -0.1) is 5.10 Å². The van der Waals surface area contributed by atoms with Gasteiger partial charge < -0.3 is 4.42 Å². The normalized spacial score (nSPS) is 10.3. The lowest BCUT2D eigenvalue weighted by Gasteiger charge is -1.98. The van der Waals surface area contributed by atoms with Gasteiger partial charge in [0, 0.05) is 5.56 Å². The maximum absolute atomic E-state index is 11.9. The monoisotopic (exact) mass is 301 g/mol. The Labute approximate surface area is 124 Å². The zero-order valence-corrected chi connectivity index (χ0v) is 11.3. The Morgan fingerprint density at radius 3 is 2.62 bits per heavy atom. The molecule has 2 aromatic heterocycles. The Bertz CT molecular complexity index is 758. The molecule has 7 nitrogen and oxygen atoms in total. The molecule has 0 saturated heterocycles. The molecule has 0 aliphatic rings. The lowest BCUT2D eigenvalue weighted by atomic mass is 10.2. The molecule has 0 radical (unpaired) electrons. The van der Waals surface area contributed by atoms with Crippen molar-refractivity contribution in [3.8, 4) is 11.5 Å². The molecule has 0 saturated carbocycles. The number of nitrogens with one attached hydrogen (secondary N) is 1. The molecule has 0 bridgehead atoms. The van der Waals surface area contributed by atoms with Crippen LogP contribution in [0.2, 0.25) is 5.15 Å². The fraction of sp³-hybridized carbons (Fsp3) is 0. The van der Waals surface area contributed by atoms with Crippen molar-refractivity contribution >= 4 is 23.5 Å². The Kier molecular flexibility index (Phi) is 3.57. The highest BCUT2D eigenvalue weighted by Crippen LogP contribution is 2.19. The Morgan fingerprint density at radius 1 is 1.10 bits per heavy atom. The summed E-state index contributed by atoms with van der Waals surface area (Å²) in [5, 5.41) is 10.3. The minimum absolute atomic E-state index is 0.0180. The van der Waals surface area contributed by atoms with Gasteiger partial charge in [0.05, 0.1) is 12.4 Å². The quantitative estimate of drug-likeness (QED) is 0.798. The first-order chi connectivity index (χ1) is 10.2. The fourth-order valence-corrected chi connectivity index (χ4v) is 1.66. The number of amides is 1. The van der Waals surface area contributed by atoms with E-state index >= 15 is 0 Å². The summed E-state index contributed by atoms with van der Waals surface area (Å²) < 4.78 is 5.36. The molecule has 8 heteroatoms. The summed E-state index contributed by atoms with van der Waals surface area (Å²) in [6.07, 6.45) is 2.53. The van der Waals surface area contributed by atoms with E-state index in [0.29, 0.717) is 5.89 Å². The summed E-state index contributed by atoms with van der Waals surface area (Å²) in [7, 11) is 0. The molecule has 104 valence electrons. The number of benzene rings is 1. The first-order valence-corrected chi connectivity index (χ1v) is 6.28. The third-order valence-corrected chi connectivity index (χ3v) is 2.71. The zero-order chi connectivity index (χ0) is 14.7. The van der Waals surface area contributed by atoms with Crippen LogP contribution in [0.4, 0.5) is 6.01 Å². The van der Waals surface area contributed by atoms with E-state index in [2.05, 4.69) is 25.5 Å². The topological polar surface area (TPSA) is 93.8 Å². The van der Waals surface area contributed by atoms with Crippen LogP contribution < -0.4 is 5.32 Å². The lowest BCUT2D eigenvalue weighted by Crippen LogP contribution is -2.14. The van der Waals surface area contributed by atoms with Gasteiger partial charge in [-0.2, -0.15) is 0 Å². The second kappa shape index (κ2) is 5.68. The number of aromatic nitrogens is 4. The van der Waals surface area contributed by atoms with Gasteiger partial charge >= 0.3 is 6.01 Å². The predicted molar refractivity (Wildman–Crippen MR) is 74.7 cm³/mol. The molecular weight excluding hydrogens is 294 g/mol. The van der Waals surface area contributed by atoms with Crippen LogP contribution in [-0.4, -0.2) is 26.1 Å². The number of rotatable bonds is 3. The average molecular weight is 302 g/mol. The minimum Gasteiger partial charge on any atom is -0.403 e. The van der Waals surface area contributed by atoms with E-state index in [0.717, 1.165) is 5.56 Å². The first-order valence-electron chi connectivity index (χ1n) is 5.90. The number of hydrogen-bond donors (Lipinski definition) is 1. The molecule has 0 spiro atoms. The summed E-state index contributed by atoms with van der Waals surface area (Å²) in [4.78, 5) is 19.5. The van der Waals surface area contributed by atoms with Crippen molar-refractivity contribution < 1.29 is 9.21 Å². The maximum Gasteiger partial charge on any atom is 0.322 e. The molecule has 1 aromatic carbocycles. The van der Waals surface area contributed by atoms with Crippen LogP contribution in [0, 0.1) is 0 Å². The van der Waals surface area contributed by atoms with E-state index in [-0.39, 0.29) is 16.9 Å². The second-order valence-electron chi connectivity index (χ2n) is 3.96. The van der Waals surface area contributed by atoms with Crippen molar-refractivity contribution in [1.82, 2.24) is 20.2 Å². The molecule has 21 heavy (non-hydrogen) atoms. The summed E-state index contributed by atoms with van der Waals surface area (Å²) in [5.74, 6) is -0.199. The van der Waals surface area contributed by atoms with Gasteiger partial charge in [-0.3, -0.25) is 10.1 Å². The SMILES string of the molecule is O=C(Nc1nnc(-c2ccccc2)o1)c1cnc(Cl)cn1. The third-order valence-electron chi connectivity index (χ3n) is 2.52. The van der Waals surface area contributed by atoms with Crippen molar-refractivity contribution in [2.75, 3.05) is 5.32 Å². The van der Waals surface area contributed by atoms with E-state index in [1.807, 2.05) is 30.3 Å². The van der Waals surface area contributed by atoms with Gasteiger partial charge in [-0.1, -0.05) is 34.9 Å². The van der Waals surface area contributed by atoms with Crippen LogP contribution in [0.15, 0.2) is 47.1 Å². The smallest absolute Gasteiger partial charge is 0.322 e. The number of carbonyl (C=O) groups is 1. The lowest BCUT2D eigenvalue weighted by molar-refractivity contribution is 0.101. The minimum atomic E-state index is -0.512. The number of nitrogens with zero attached hydrogens (tertiary/aromatic N) is 4. The summed E-state index contributed by atoms with van der Waals surface area (Å²) in [6, 6.07) is 9.20. The largest absolute Gasteiger partial charge is 0.403 e. The molecule has 0 aliphatic carbocycles. The van der Waals surface area contributed by atoms with Crippen molar-refractivity contribution in [2.45, 2.75) is 0 Å². The van der Waals surface area contributed by atoms with Gasteiger partial charge in [0.1, 0.15) is 10.8 Å². The Hall–Kier alpha value is -2.80. The van der Waals surface area contributed by atoms with Crippen LogP contribution in [0.5, 0.6) is 0 Å². The molecule has 1 amide bonds. The van der Waals surface area contributed by atoms with Gasteiger partial charge in [-0.05, 0) is 12.1 Å². The zero-order valence-electron chi connectivity index (χ0n) is 10.5. The molecule has 3 aromatic rings. The highest BCUT2D eigenvalue weighted by atomic mass is 35.5. The third kappa shape index (κ3) is 3.03. The predicted octanol–water partition coefficient (Wildman–Crippen LogP) is 2.43. The van der Waals surface area contributed by atoms with E-state index in [9.17, 15) is 4.79 Å². The van der Waals surface area contributed by atoms with Gasteiger partial charge in [0.2, 0.25) is 5.89 Å². The molecule has 0 fully saturated rings. The van der Waals surface area contributed by atoms with Crippen molar-refractivity contribution in [1.29, 1.82) is 0 Å². The number of anilines is 1. The second-order valence-corrected chi connectivity index (χ2v) is 4.34. The number of hydrogen-bond acceptors (Lipinski definition) is 6. The van der Waals surface area contributed by atoms with Gasteiger partial charge in [0.15, 0.2) is 0 Å². The van der Waals surface area contributed by atoms with Crippen molar-refractivity contribution in [3.05, 3.63) is 53.6 Å². The van der Waals surface area contributed by atoms with Crippen LogP contribution >= 0.6 is 11.6 Å². The van der Waals surface area contributed by atoms with E-state index < -0.39 is 5.91 Å². The van der Waals surface area contributed by atoms with Crippen LogP contribution in [0.1, 0.15) is 10.5 Å². The van der Waals surface area contributed by atoms with Crippen LogP contribution in [0.3, 0.4) is 0 Å². The highest BCUT2D eigenvalue weighted by molar-refractivity contribution is 6.29. The Balaban J connectivity index is 1.75. The van der Waals surface area contributed by atoms with Gasteiger partial charge in [-0.25, -0.2) is 9.97 Å². The van der Waals surface area contributed by atoms with E-state index in [4.69, 9.17) is 16.0 Å². The van der Waals surface area contributed by atoms with Gasteiger partial charge in [0.25, 0.3) is 5.91 Å². The van der Waals surface area contributed by atoms with Crippen LogP contribution in [0.25, 0.3) is 11.5 Å². The maximum atomic E-state index is 11.9. The van der Waals surface area contributed by atoms with Crippen molar-refractivity contribution in [3.63, 3.8) is 0 Å². The average Bonchev–Trinajstić information content (AvgIpc) is 2.97. The first kappa shape index (κ1) is 13.2. The molecule has 3 rings (SSSR count). The molecule has 0 atom stereocenters. The molecule has 2 heterocycles. The fourth-order valence-electron chi connectivity index (χ4n) is 1.56. The molecular formula is C13H8ClN5O2. The van der Waals surface area contributed by atoms with Crippen LogP contribution in [-0.2, 0) is 0 Å². The van der Waals surface area contributed by atoms with Crippen molar-refractivity contribution in [2.24, 2.45) is 0 Å². The molecule has 0 unspecified atom stereocenters. The van der Waals surface area contributed by atoms with E-state index in [1.54, 1.807) is 0 Å². The Morgan fingerprint density at radius 2 is 1.90 bits per heavy atom. The number of carbonyl (C=O) groups excluding carboxylic acids is 1. The molecule has 0 aliphatic heterocycles.